The molecule has 0 bridgehead atoms. The summed E-state index contributed by atoms with van der Waals surface area (Å²) in [4.78, 5) is 0. The zero-order chi connectivity index (χ0) is 24.7. The molecule has 1 aliphatic heterocycles. The zero-order valence-electron chi connectivity index (χ0n) is 20.6. The van der Waals surface area contributed by atoms with Crippen LogP contribution < -0.4 is 14.7 Å². The summed E-state index contributed by atoms with van der Waals surface area (Å²) >= 11 is 0. The highest BCUT2D eigenvalue weighted by molar-refractivity contribution is 6.91. The second-order valence-electron chi connectivity index (χ2n) is 9.41. The number of aliphatic hydroxyl groups is 1. The molecular weight excluding hydrogens is 456 g/mol. The van der Waals surface area contributed by atoms with Crippen LogP contribution in [0.4, 0.5) is 0 Å². The smallest absolute Gasteiger partial charge is 0.231 e. The molecule has 0 amide bonds. The van der Waals surface area contributed by atoms with E-state index in [1.54, 1.807) is 7.11 Å². The van der Waals surface area contributed by atoms with E-state index < -0.39 is 14.2 Å². The summed E-state index contributed by atoms with van der Waals surface area (Å²) in [6.45, 7) is 5.79. The molecule has 5 nitrogen and oxygen atoms in total. The van der Waals surface area contributed by atoms with Crippen LogP contribution in [0.2, 0.25) is 18.6 Å². The Balaban J connectivity index is 1.54. The van der Waals surface area contributed by atoms with E-state index in [9.17, 15) is 5.11 Å². The third-order valence-electron chi connectivity index (χ3n) is 6.67. The first kappa shape index (κ1) is 25.2. The lowest BCUT2D eigenvalue weighted by molar-refractivity contribution is -0.0390. The van der Waals surface area contributed by atoms with Crippen molar-refractivity contribution in [2.45, 2.75) is 37.8 Å². The second kappa shape index (κ2) is 11.7. The molecule has 3 aromatic rings. The number of aliphatic hydroxyl groups excluding tert-OH is 1. The van der Waals surface area contributed by atoms with E-state index in [4.69, 9.17) is 18.9 Å². The Labute approximate surface area is 208 Å². The van der Waals surface area contributed by atoms with E-state index in [0.717, 1.165) is 22.4 Å². The third kappa shape index (κ3) is 6.41. The Bertz CT molecular complexity index is 1110. The van der Waals surface area contributed by atoms with E-state index in [0.29, 0.717) is 18.8 Å². The van der Waals surface area contributed by atoms with Gasteiger partial charge < -0.3 is 24.1 Å². The minimum atomic E-state index is -1.95. The van der Waals surface area contributed by atoms with Gasteiger partial charge in [-0.3, -0.25) is 0 Å². The number of allylic oxidation sites excluding steroid dienone is 1. The molecule has 1 aliphatic rings. The average Bonchev–Trinajstić information content (AvgIpc) is 3.36. The third-order valence-corrected chi connectivity index (χ3v) is 10.8. The fraction of sp³-hybridized carbons (Fsp3) is 0.310. The molecule has 0 aliphatic carbocycles. The Morgan fingerprint density at radius 1 is 0.971 bits per heavy atom. The summed E-state index contributed by atoms with van der Waals surface area (Å²) < 4.78 is 21.3. The SMILES string of the molecule is COCOCc1ccc(/C=C/[C@@H](C[C@H](O)c2ccc3c(c2)OCO3)[Si](C)(C)c2ccccc2)cc1. The van der Waals surface area contributed by atoms with Crippen molar-refractivity contribution >= 4 is 19.3 Å². The quantitative estimate of drug-likeness (QED) is 0.214. The highest BCUT2D eigenvalue weighted by atomic mass is 28.3. The Hall–Kier alpha value is -2.90. The van der Waals surface area contributed by atoms with Gasteiger partial charge in [-0.1, -0.05) is 91.1 Å². The van der Waals surface area contributed by atoms with Gasteiger partial charge in [-0.05, 0) is 40.8 Å². The van der Waals surface area contributed by atoms with Crippen LogP contribution >= 0.6 is 0 Å². The van der Waals surface area contributed by atoms with E-state index in [1.807, 2.05) is 18.2 Å². The number of benzene rings is 3. The van der Waals surface area contributed by atoms with Gasteiger partial charge >= 0.3 is 0 Å². The van der Waals surface area contributed by atoms with Crippen LogP contribution in [0.3, 0.4) is 0 Å². The lowest BCUT2D eigenvalue weighted by Crippen LogP contribution is -2.45. The van der Waals surface area contributed by atoms with E-state index >= 15 is 0 Å². The van der Waals surface area contributed by atoms with Crippen molar-refractivity contribution in [3.8, 4) is 11.5 Å². The molecule has 0 fully saturated rings. The molecule has 2 atom stereocenters. The standard InChI is InChI=1S/C29H34O5Si/c1-31-20-32-19-23-11-9-22(10-12-23)13-15-26(35(2,3)25-7-5-4-6-8-25)18-27(30)24-14-16-28-29(17-24)34-21-33-28/h4-17,26-27,30H,18-21H2,1-3H3/b15-13+/t26-,27-/m0/s1. The van der Waals surface area contributed by atoms with Gasteiger partial charge in [-0.25, -0.2) is 0 Å². The summed E-state index contributed by atoms with van der Waals surface area (Å²) in [6.07, 6.45) is 4.49. The fourth-order valence-corrected chi connectivity index (χ4v) is 7.26. The molecule has 4 rings (SSSR count). The average molecular weight is 491 g/mol. The molecule has 0 spiro atoms. The molecule has 0 saturated carbocycles. The van der Waals surface area contributed by atoms with E-state index in [-0.39, 0.29) is 19.1 Å². The maximum Gasteiger partial charge on any atom is 0.231 e. The number of fused-ring (bicyclic) bond motifs is 1. The topological polar surface area (TPSA) is 57.2 Å². The van der Waals surface area contributed by atoms with Gasteiger partial charge in [0.2, 0.25) is 6.79 Å². The summed E-state index contributed by atoms with van der Waals surface area (Å²) in [5.41, 5.74) is 3.30. The van der Waals surface area contributed by atoms with E-state index in [1.165, 1.54) is 5.19 Å². The second-order valence-corrected chi connectivity index (χ2v) is 14.2. The number of ether oxygens (including phenoxy) is 4. The summed E-state index contributed by atoms with van der Waals surface area (Å²) in [5, 5.41) is 12.6. The number of hydrogen-bond acceptors (Lipinski definition) is 5. The first-order valence-corrected chi connectivity index (χ1v) is 15.0. The molecule has 184 valence electrons. The van der Waals surface area contributed by atoms with Gasteiger partial charge in [-0.2, -0.15) is 0 Å². The summed E-state index contributed by atoms with van der Waals surface area (Å²) in [5.74, 6) is 1.43. The van der Waals surface area contributed by atoms with Crippen molar-refractivity contribution in [1.29, 1.82) is 0 Å². The van der Waals surface area contributed by atoms with Crippen molar-refractivity contribution in [3.63, 3.8) is 0 Å². The van der Waals surface area contributed by atoms with Gasteiger partial charge in [-0.15, -0.1) is 0 Å². The molecular formula is C29H34O5Si. The maximum absolute atomic E-state index is 11.2. The summed E-state index contributed by atoms with van der Waals surface area (Å²) in [7, 11) is -0.329. The van der Waals surface area contributed by atoms with Gasteiger partial charge in [0.05, 0.1) is 20.8 Å². The minimum absolute atomic E-state index is 0.218. The Kier molecular flexibility index (Phi) is 8.41. The van der Waals surface area contributed by atoms with Crippen molar-refractivity contribution in [2.75, 3.05) is 20.7 Å². The fourth-order valence-electron chi connectivity index (χ4n) is 4.39. The molecule has 0 aromatic heterocycles. The highest BCUT2D eigenvalue weighted by Gasteiger charge is 2.34. The normalized spacial score (nSPS) is 14.9. The highest BCUT2D eigenvalue weighted by Crippen LogP contribution is 2.38. The van der Waals surface area contributed by atoms with E-state index in [2.05, 4.69) is 79.8 Å². The van der Waals surface area contributed by atoms with Crippen LogP contribution in [0.15, 0.2) is 78.9 Å². The van der Waals surface area contributed by atoms with Gasteiger partial charge in [0.25, 0.3) is 0 Å². The molecule has 35 heavy (non-hydrogen) atoms. The molecule has 0 radical (unpaired) electrons. The zero-order valence-corrected chi connectivity index (χ0v) is 21.6. The van der Waals surface area contributed by atoms with Crippen LogP contribution in [0.25, 0.3) is 6.08 Å². The number of rotatable bonds is 11. The van der Waals surface area contributed by atoms with Crippen LogP contribution in [0.1, 0.15) is 29.2 Å². The van der Waals surface area contributed by atoms with Crippen molar-refractivity contribution in [1.82, 2.24) is 0 Å². The van der Waals surface area contributed by atoms with Gasteiger partial charge in [0.15, 0.2) is 11.5 Å². The van der Waals surface area contributed by atoms with Crippen LogP contribution in [0, 0.1) is 0 Å². The summed E-state index contributed by atoms with van der Waals surface area (Å²) in [6, 6.07) is 24.7. The molecule has 0 saturated heterocycles. The Morgan fingerprint density at radius 2 is 1.71 bits per heavy atom. The predicted octanol–water partition coefficient (Wildman–Crippen LogP) is 5.66. The lowest BCUT2D eigenvalue weighted by Gasteiger charge is -2.33. The first-order valence-electron chi connectivity index (χ1n) is 11.9. The van der Waals surface area contributed by atoms with Crippen LogP contribution in [0.5, 0.6) is 11.5 Å². The first-order chi connectivity index (χ1) is 17.0. The van der Waals surface area contributed by atoms with Crippen LogP contribution in [-0.4, -0.2) is 33.9 Å². The lowest BCUT2D eigenvalue weighted by atomic mass is 10.0. The maximum atomic E-state index is 11.2. The van der Waals surface area contributed by atoms with Crippen molar-refractivity contribution < 1.29 is 24.1 Å². The van der Waals surface area contributed by atoms with Crippen molar-refractivity contribution in [2.24, 2.45) is 0 Å². The molecule has 1 N–H and O–H groups in total. The molecule has 6 heteroatoms. The molecule has 3 aromatic carbocycles. The van der Waals surface area contributed by atoms with Crippen LogP contribution in [-0.2, 0) is 16.1 Å². The molecule has 0 unspecified atom stereocenters. The Morgan fingerprint density at radius 3 is 2.46 bits per heavy atom. The minimum Gasteiger partial charge on any atom is -0.454 e. The monoisotopic (exact) mass is 490 g/mol. The van der Waals surface area contributed by atoms with Gasteiger partial charge in [0.1, 0.15) is 6.79 Å². The van der Waals surface area contributed by atoms with Gasteiger partial charge in [0, 0.05) is 7.11 Å². The largest absolute Gasteiger partial charge is 0.454 e. The molecule has 1 heterocycles. The number of methoxy groups -OCH3 is 1. The number of hydrogen-bond donors (Lipinski definition) is 1. The predicted molar refractivity (Wildman–Crippen MR) is 142 cm³/mol. The van der Waals surface area contributed by atoms with Crippen molar-refractivity contribution in [3.05, 3.63) is 95.6 Å².